The average Bonchev–Trinajstić information content (AvgIpc) is 2.08. The molecule has 0 aromatic heterocycles. The number of benzene rings is 1. The normalized spacial score (nSPS) is 12.9. The van der Waals surface area contributed by atoms with Crippen LogP contribution in [-0.2, 0) is 6.42 Å². The third-order valence-electron chi connectivity index (χ3n) is 2.07. The lowest BCUT2D eigenvalue weighted by Gasteiger charge is -2.09. The molecule has 0 fully saturated rings. The molecular formula is C11H16OS. The Bertz CT molecular complexity index is 281. The predicted octanol–water partition coefficient (Wildman–Crippen LogP) is 2.64. The quantitative estimate of drug-likeness (QED) is 0.750. The second kappa shape index (κ2) is 4.68. The molecule has 1 unspecified atom stereocenters. The van der Waals surface area contributed by atoms with Gasteiger partial charge in [-0.2, -0.15) is 0 Å². The maximum absolute atomic E-state index is 9.29. The molecule has 1 aromatic carbocycles. The summed E-state index contributed by atoms with van der Waals surface area (Å²) in [7, 11) is 0. The van der Waals surface area contributed by atoms with E-state index in [9.17, 15) is 5.11 Å². The Kier molecular flexibility index (Phi) is 3.82. The summed E-state index contributed by atoms with van der Waals surface area (Å²) in [5.74, 6) is 0. The number of aryl methyl sites for hydroxylation is 1. The molecule has 0 saturated heterocycles. The Hall–Kier alpha value is -0.470. The van der Waals surface area contributed by atoms with E-state index in [1.807, 2.05) is 6.92 Å². The Labute approximate surface area is 84.2 Å². The Morgan fingerprint density at radius 1 is 1.46 bits per heavy atom. The highest BCUT2D eigenvalue weighted by molar-refractivity contribution is 7.98. The number of aliphatic hydroxyl groups is 1. The summed E-state index contributed by atoms with van der Waals surface area (Å²) in [5.41, 5.74) is 2.51. The molecule has 2 heteroatoms. The molecule has 1 atom stereocenters. The van der Waals surface area contributed by atoms with Crippen LogP contribution in [0.4, 0.5) is 0 Å². The summed E-state index contributed by atoms with van der Waals surface area (Å²) < 4.78 is 0. The van der Waals surface area contributed by atoms with Crippen molar-refractivity contribution in [3.05, 3.63) is 29.3 Å². The van der Waals surface area contributed by atoms with E-state index in [4.69, 9.17) is 0 Å². The maximum Gasteiger partial charge on any atom is 0.0552 e. The Morgan fingerprint density at radius 3 is 2.69 bits per heavy atom. The SMILES string of the molecule is CSc1ccc(C)c(CC(C)O)c1. The van der Waals surface area contributed by atoms with Crippen molar-refractivity contribution in [2.24, 2.45) is 0 Å². The van der Waals surface area contributed by atoms with Crippen molar-refractivity contribution in [1.29, 1.82) is 0 Å². The Morgan fingerprint density at radius 2 is 2.15 bits per heavy atom. The number of hydrogen-bond acceptors (Lipinski definition) is 2. The topological polar surface area (TPSA) is 20.2 Å². The standard InChI is InChI=1S/C11H16OS/c1-8-4-5-11(13-3)7-10(8)6-9(2)12/h4-5,7,9,12H,6H2,1-3H3. The second-order valence-corrected chi connectivity index (χ2v) is 4.23. The molecule has 1 nitrogen and oxygen atoms in total. The lowest BCUT2D eigenvalue weighted by molar-refractivity contribution is 0.195. The molecule has 0 heterocycles. The van der Waals surface area contributed by atoms with E-state index in [-0.39, 0.29) is 6.10 Å². The van der Waals surface area contributed by atoms with Crippen LogP contribution in [0.2, 0.25) is 0 Å². The largest absolute Gasteiger partial charge is 0.393 e. The fraction of sp³-hybridized carbons (Fsp3) is 0.455. The van der Waals surface area contributed by atoms with Gasteiger partial charge >= 0.3 is 0 Å². The summed E-state index contributed by atoms with van der Waals surface area (Å²) >= 11 is 1.74. The minimum absolute atomic E-state index is 0.254. The van der Waals surface area contributed by atoms with Crippen LogP contribution in [0.15, 0.2) is 23.1 Å². The van der Waals surface area contributed by atoms with Gasteiger partial charge in [0.2, 0.25) is 0 Å². The molecule has 1 N–H and O–H groups in total. The molecule has 0 spiro atoms. The van der Waals surface area contributed by atoms with Crippen LogP contribution >= 0.6 is 11.8 Å². The summed E-state index contributed by atoms with van der Waals surface area (Å²) in [4.78, 5) is 1.27. The van der Waals surface area contributed by atoms with Crippen molar-refractivity contribution in [2.45, 2.75) is 31.3 Å². The van der Waals surface area contributed by atoms with E-state index in [1.54, 1.807) is 11.8 Å². The van der Waals surface area contributed by atoms with Gasteiger partial charge in [0, 0.05) is 4.90 Å². The third kappa shape index (κ3) is 3.05. The zero-order valence-electron chi connectivity index (χ0n) is 8.37. The number of hydrogen-bond donors (Lipinski definition) is 1. The van der Waals surface area contributed by atoms with E-state index in [0.717, 1.165) is 6.42 Å². The highest BCUT2D eigenvalue weighted by Gasteiger charge is 2.03. The molecule has 0 amide bonds. The van der Waals surface area contributed by atoms with Crippen molar-refractivity contribution in [1.82, 2.24) is 0 Å². The highest BCUT2D eigenvalue weighted by Crippen LogP contribution is 2.19. The summed E-state index contributed by atoms with van der Waals surface area (Å²) in [6.45, 7) is 3.91. The zero-order chi connectivity index (χ0) is 9.84. The first kappa shape index (κ1) is 10.6. The van der Waals surface area contributed by atoms with Crippen molar-refractivity contribution in [3.63, 3.8) is 0 Å². The van der Waals surface area contributed by atoms with Gasteiger partial charge in [-0.15, -0.1) is 11.8 Å². The lowest BCUT2D eigenvalue weighted by Crippen LogP contribution is -2.05. The minimum Gasteiger partial charge on any atom is -0.393 e. The van der Waals surface area contributed by atoms with Gasteiger partial charge < -0.3 is 5.11 Å². The smallest absolute Gasteiger partial charge is 0.0552 e. The number of thioether (sulfide) groups is 1. The van der Waals surface area contributed by atoms with E-state index >= 15 is 0 Å². The molecule has 0 aliphatic heterocycles. The van der Waals surface area contributed by atoms with Crippen LogP contribution in [0.3, 0.4) is 0 Å². The monoisotopic (exact) mass is 196 g/mol. The van der Waals surface area contributed by atoms with Crippen LogP contribution in [0.25, 0.3) is 0 Å². The van der Waals surface area contributed by atoms with Gasteiger partial charge in [-0.05, 0) is 49.8 Å². The first-order valence-corrected chi connectivity index (χ1v) is 5.67. The molecule has 0 aliphatic rings. The first-order valence-electron chi connectivity index (χ1n) is 4.45. The summed E-state index contributed by atoms with van der Waals surface area (Å²) in [6.07, 6.45) is 2.56. The third-order valence-corrected chi connectivity index (χ3v) is 2.80. The van der Waals surface area contributed by atoms with Gasteiger partial charge in [0.05, 0.1) is 6.10 Å². The van der Waals surface area contributed by atoms with E-state index in [2.05, 4.69) is 31.4 Å². The first-order chi connectivity index (χ1) is 6.13. The lowest BCUT2D eigenvalue weighted by atomic mass is 10.0. The van der Waals surface area contributed by atoms with Gasteiger partial charge in [-0.25, -0.2) is 0 Å². The average molecular weight is 196 g/mol. The summed E-state index contributed by atoms with van der Waals surface area (Å²) in [6, 6.07) is 6.39. The molecule has 1 aromatic rings. The van der Waals surface area contributed by atoms with Gasteiger partial charge in [-0.3, -0.25) is 0 Å². The minimum atomic E-state index is -0.254. The fourth-order valence-corrected chi connectivity index (χ4v) is 1.78. The molecule has 0 radical (unpaired) electrons. The molecule has 0 bridgehead atoms. The summed E-state index contributed by atoms with van der Waals surface area (Å²) in [5, 5.41) is 9.29. The van der Waals surface area contributed by atoms with E-state index < -0.39 is 0 Å². The fourth-order valence-electron chi connectivity index (χ4n) is 1.31. The Balaban J connectivity index is 2.90. The van der Waals surface area contributed by atoms with Gasteiger partial charge in [-0.1, -0.05) is 6.07 Å². The van der Waals surface area contributed by atoms with Crippen molar-refractivity contribution >= 4 is 11.8 Å². The molecular weight excluding hydrogens is 180 g/mol. The van der Waals surface area contributed by atoms with Crippen molar-refractivity contribution in [3.8, 4) is 0 Å². The number of rotatable bonds is 3. The van der Waals surface area contributed by atoms with E-state index in [1.165, 1.54) is 16.0 Å². The molecule has 13 heavy (non-hydrogen) atoms. The van der Waals surface area contributed by atoms with Gasteiger partial charge in [0.15, 0.2) is 0 Å². The van der Waals surface area contributed by atoms with Crippen molar-refractivity contribution in [2.75, 3.05) is 6.26 Å². The zero-order valence-corrected chi connectivity index (χ0v) is 9.19. The van der Waals surface area contributed by atoms with Gasteiger partial charge in [0.1, 0.15) is 0 Å². The number of aliphatic hydroxyl groups excluding tert-OH is 1. The van der Waals surface area contributed by atoms with Crippen molar-refractivity contribution < 1.29 is 5.11 Å². The maximum atomic E-state index is 9.29. The van der Waals surface area contributed by atoms with Crippen LogP contribution in [0.5, 0.6) is 0 Å². The molecule has 0 aliphatic carbocycles. The molecule has 1 rings (SSSR count). The van der Waals surface area contributed by atoms with Crippen LogP contribution in [0, 0.1) is 6.92 Å². The highest BCUT2D eigenvalue weighted by atomic mass is 32.2. The van der Waals surface area contributed by atoms with E-state index in [0.29, 0.717) is 0 Å². The van der Waals surface area contributed by atoms with Crippen LogP contribution in [-0.4, -0.2) is 17.5 Å². The molecule has 0 saturated carbocycles. The molecule has 72 valence electrons. The van der Waals surface area contributed by atoms with Gasteiger partial charge in [0.25, 0.3) is 0 Å². The predicted molar refractivity (Wildman–Crippen MR) is 58.3 cm³/mol. The van der Waals surface area contributed by atoms with Crippen LogP contribution < -0.4 is 0 Å². The van der Waals surface area contributed by atoms with Crippen LogP contribution in [0.1, 0.15) is 18.1 Å². The second-order valence-electron chi connectivity index (χ2n) is 3.35.